The predicted octanol–water partition coefficient (Wildman–Crippen LogP) is 3.41. The molecule has 0 radical (unpaired) electrons. The molecule has 134 valence electrons. The maximum absolute atomic E-state index is 12.4. The number of nitrogens with one attached hydrogen (secondary N) is 1. The lowest BCUT2D eigenvalue weighted by atomic mass is 9.93. The van der Waals surface area contributed by atoms with Gasteiger partial charge in [-0.1, -0.05) is 25.0 Å². The van der Waals surface area contributed by atoms with Crippen molar-refractivity contribution in [2.75, 3.05) is 13.1 Å². The molecule has 1 aliphatic heterocycles. The number of H-pyrrole nitrogens is 1. The average Bonchev–Trinajstić information content (AvgIpc) is 2.99. The van der Waals surface area contributed by atoms with Crippen LogP contribution >= 0.6 is 0 Å². The first kappa shape index (κ1) is 16.7. The van der Waals surface area contributed by atoms with Gasteiger partial charge in [-0.15, -0.1) is 0 Å². The van der Waals surface area contributed by atoms with Crippen LogP contribution < -0.4 is 5.56 Å². The SMILES string of the molecule is CC(c1nc2ccccc2c(=O)[nH]1)N1CC(C)(C)OC2(CCCC2)C1. The predicted molar refractivity (Wildman–Crippen MR) is 98.7 cm³/mol. The number of benzene rings is 1. The molecule has 2 heterocycles. The van der Waals surface area contributed by atoms with Crippen molar-refractivity contribution in [1.29, 1.82) is 0 Å². The Morgan fingerprint density at radius 2 is 1.92 bits per heavy atom. The van der Waals surface area contributed by atoms with Gasteiger partial charge in [-0.05, 0) is 45.7 Å². The van der Waals surface area contributed by atoms with Gasteiger partial charge in [0.2, 0.25) is 0 Å². The highest BCUT2D eigenvalue weighted by Gasteiger charge is 2.47. The molecule has 1 aromatic heterocycles. The Hall–Kier alpha value is -1.72. The van der Waals surface area contributed by atoms with Crippen LogP contribution in [0.25, 0.3) is 10.9 Å². The van der Waals surface area contributed by atoms with Crippen molar-refractivity contribution in [3.05, 3.63) is 40.4 Å². The zero-order chi connectivity index (χ0) is 17.7. The van der Waals surface area contributed by atoms with E-state index >= 15 is 0 Å². The maximum Gasteiger partial charge on any atom is 0.258 e. The molecule has 2 aliphatic rings. The van der Waals surface area contributed by atoms with Crippen molar-refractivity contribution < 1.29 is 4.74 Å². The van der Waals surface area contributed by atoms with Crippen LogP contribution in [0.15, 0.2) is 29.1 Å². The fourth-order valence-corrected chi connectivity index (χ4v) is 4.59. The van der Waals surface area contributed by atoms with Crippen molar-refractivity contribution in [1.82, 2.24) is 14.9 Å². The molecule has 4 rings (SSSR count). The van der Waals surface area contributed by atoms with Crippen LogP contribution in [-0.4, -0.2) is 39.2 Å². The number of fused-ring (bicyclic) bond motifs is 1. The van der Waals surface area contributed by atoms with E-state index in [1.54, 1.807) is 0 Å². The quantitative estimate of drug-likeness (QED) is 0.909. The van der Waals surface area contributed by atoms with Crippen molar-refractivity contribution in [2.24, 2.45) is 0 Å². The second kappa shape index (κ2) is 5.92. The lowest BCUT2D eigenvalue weighted by Gasteiger charge is -2.50. The van der Waals surface area contributed by atoms with Gasteiger partial charge in [0.15, 0.2) is 0 Å². The second-order valence-corrected chi connectivity index (χ2v) is 8.30. The summed E-state index contributed by atoms with van der Waals surface area (Å²) >= 11 is 0. The van der Waals surface area contributed by atoms with Gasteiger partial charge in [-0.2, -0.15) is 0 Å². The van der Waals surface area contributed by atoms with E-state index in [4.69, 9.17) is 9.72 Å². The molecule has 1 atom stereocenters. The second-order valence-electron chi connectivity index (χ2n) is 8.30. The summed E-state index contributed by atoms with van der Waals surface area (Å²) in [6, 6.07) is 7.58. The van der Waals surface area contributed by atoms with Gasteiger partial charge in [0, 0.05) is 13.1 Å². The van der Waals surface area contributed by atoms with Crippen molar-refractivity contribution in [2.45, 2.75) is 63.7 Å². The summed E-state index contributed by atoms with van der Waals surface area (Å²) in [7, 11) is 0. The van der Waals surface area contributed by atoms with Crippen LogP contribution in [-0.2, 0) is 4.74 Å². The van der Waals surface area contributed by atoms with Crippen molar-refractivity contribution in [3.8, 4) is 0 Å². The largest absolute Gasteiger partial charge is 0.366 e. The minimum absolute atomic E-state index is 0.0346. The van der Waals surface area contributed by atoms with E-state index in [9.17, 15) is 4.79 Å². The van der Waals surface area contributed by atoms with Crippen molar-refractivity contribution >= 4 is 10.9 Å². The molecule has 2 aromatic rings. The van der Waals surface area contributed by atoms with E-state index < -0.39 is 0 Å². The minimum Gasteiger partial charge on any atom is -0.366 e. The Morgan fingerprint density at radius 1 is 1.20 bits per heavy atom. The van der Waals surface area contributed by atoms with E-state index in [0.29, 0.717) is 5.39 Å². The average molecular weight is 341 g/mol. The summed E-state index contributed by atoms with van der Waals surface area (Å²) in [4.78, 5) is 22.6. The molecule has 1 saturated carbocycles. The maximum atomic E-state index is 12.4. The molecule has 1 N–H and O–H groups in total. The Kier molecular flexibility index (Phi) is 3.96. The number of nitrogens with zero attached hydrogens (tertiary/aromatic N) is 2. The number of hydrogen-bond acceptors (Lipinski definition) is 4. The zero-order valence-corrected chi connectivity index (χ0v) is 15.3. The minimum atomic E-state index is -0.187. The molecule has 0 amide bonds. The fourth-order valence-electron chi connectivity index (χ4n) is 4.59. The molecule has 1 spiro atoms. The molecule has 25 heavy (non-hydrogen) atoms. The highest BCUT2D eigenvalue weighted by Crippen LogP contribution is 2.42. The van der Waals surface area contributed by atoms with Gasteiger partial charge in [0.25, 0.3) is 5.56 Å². The van der Waals surface area contributed by atoms with Gasteiger partial charge in [0.1, 0.15) is 5.82 Å². The molecule has 1 aromatic carbocycles. The summed E-state index contributed by atoms with van der Waals surface area (Å²) in [5, 5.41) is 0.646. The molecule has 2 fully saturated rings. The van der Waals surface area contributed by atoms with Gasteiger partial charge in [0.05, 0.1) is 28.1 Å². The summed E-state index contributed by atoms with van der Waals surface area (Å²) in [5.74, 6) is 0.745. The fraction of sp³-hybridized carbons (Fsp3) is 0.600. The summed E-state index contributed by atoms with van der Waals surface area (Å²) in [5.41, 5.74) is 0.480. The molecule has 5 heteroatoms. The number of aromatic amines is 1. The van der Waals surface area contributed by atoms with Crippen LogP contribution in [0, 0.1) is 0 Å². The number of rotatable bonds is 2. The lowest BCUT2D eigenvalue weighted by Crippen LogP contribution is -2.59. The molecule has 1 saturated heterocycles. The van der Waals surface area contributed by atoms with E-state index in [1.165, 1.54) is 12.8 Å². The number of ether oxygens (including phenoxy) is 1. The Labute approximate surface area is 148 Å². The van der Waals surface area contributed by atoms with E-state index in [2.05, 4.69) is 30.7 Å². The van der Waals surface area contributed by atoms with Gasteiger partial charge in [-0.25, -0.2) is 4.98 Å². The standard InChI is InChI=1S/C20H27N3O2/c1-14(17-21-16-9-5-4-8-15(16)18(24)22-17)23-12-19(2,3)25-20(13-23)10-6-7-11-20/h4-5,8-9,14H,6-7,10-13H2,1-3H3,(H,21,22,24). The monoisotopic (exact) mass is 341 g/mol. The third kappa shape index (κ3) is 3.11. The molecule has 1 unspecified atom stereocenters. The van der Waals surface area contributed by atoms with Crippen LogP contribution in [0.5, 0.6) is 0 Å². The van der Waals surface area contributed by atoms with Crippen LogP contribution in [0.3, 0.4) is 0 Å². The summed E-state index contributed by atoms with van der Waals surface area (Å²) in [6.07, 6.45) is 4.73. The third-order valence-corrected chi connectivity index (χ3v) is 5.66. The highest BCUT2D eigenvalue weighted by atomic mass is 16.5. The zero-order valence-electron chi connectivity index (χ0n) is 15.3. The van der Waals surface area contributed by atoms with Crippen LogP contribution in [0.2, 0.25) is 0 Å². The van der Waals surface area contributed by atoms with Gasteiger partial charge in [-0.3, -0.25) is 9.69 Å². The summed E-state index contributed by atoms with van der Waals surface area (Å²) < 4.78 is 6.50. The summed E-state index contributed by atoms with van der Waals surface area (Å²) in [6.45, 7) is 8.22. The number of para-hydroxylation sites is 1. The molecular formula is C20H27N3O2. The Bertz CT molecular complexity index is 836. The van der Waals surface area contributed by atoms with E-state index in [0.717, 1.165) is 37.3 Å². The molecular weight excluding hydrogens is 314 g/mol. The first-order valence-corrected chi connectivity index (χ1v) is 9.31. The molecule has 5 nitrogen and oxygen atoms in total. The van der Waals surface area contributed by atoms with Crippen molar-refractivity contribution in [3.63, 3.8) is 0 Å². The first-order valence-electron chi connectivity index (χ1n) is 9.31. The highest BCUT2D eigenvalue weighted by molar-refractivity contribution is 5.77. The number of hydrogen-bond donors (Lipinski definition) is 1. The normalized spacial score (nSPS) is 24.0. The topological polar surface area (TPSA) is 58.2 Å². The molecule has 1 aliphatic carbocycles. The van der Waals surface area contributed by atoms with Gasteiger partial charge < -0.3 is 9.72 Å². The smallest absolute Gasteiger partial charge is 0.258 e. The van der Waals surface area contributed by atoms with Gasteiger partial charge >= 0.3 is 0 Å². The van der Waals surface area contributed by atoms with Crippen LogP contribution in [0.1, 0.15) is 58.3 Å². The molecule has 0 bridgehead atoms. The van der Waals surface area contributed by atoms with E-state index in [-0.39, 0.29) is 22.8 Å². The number of morpholine rings is 1. The van der Waals surface area contributed by atoms with E-state index in [1.807, 2.05) is 24.3 Å². The third-order valence-electron chi connectivity index (χ3n) is 5.66. The Balaban J connectivity index is 1.68. The number of aromatic nitrogens is 2. The first-order chi connectivity index (χ1) is 11.9. The van der Waals surface area contributed by atoms with Crippen LogP contribution in [0.4, 0.5) is 0 Å². The lowest BCUT2D eigenvalue weighted by molar-refractivity contribution is -0.200. The Morgan fingerprint density at radius 3 is 2.68 bits per heavy atom.